The minimum atomic E-state index is -3.16. The van der Waals surface area contributed by atoms with E-state index in [1.165, 1.54) is 12.1 Å². The molecule has 0 unspecified atom stereocenters. The molecule has 0 saturated carbocycles. The summed E-state index contributed by atoms with van der Waals surface area (Å²) < 4.78 is 37.0. The summed E-state index contributed by atoms with van der Waals surface area (Å²) in [6.45, 7) is 1.50. The predicted octanol–water partition coefficient (Wildman–Crippen LogP) is 1.02. The Kier molecular flexibility index (Phi) is 8.97. The topological polar surface area (TPSA) is 82.6 Å². The molecule has 9 heteroatoms. The zero-order chi connectivity index (χ0) is 17.1. The molecule has 1 aromatic rings. The van der Waals surface area contributed by atoms with Crippen LogP contribution in [0.3, 0.4) is 0 Å². The van der Waals surface area contributed by atoms with Gasteiger partial charge < -0.3 is 10.6 Å². The van der Waals surface area contributed by atoms with E-state index in [-0.39, 0.29) is 5.82 Å². The Morgan fingerprint density at radius 2 is 1.83 bits per heavy atom. The Morgan fingerprint density at radius 3 is 2.43 bits per heavy atom. The van der Waals surface area contributed by atoms with Gasteiger partial charge in [-0.05, 0) is 36.4 Å². The lowest BCUT2D eigenvalue weighted by molar-refractivity contribution is 0.586. The average molecular weight is 362 g/mol. The van der Waals surface area contributed by atoms with Gasteiger partial charge in [-0.15, -0.1) is 11.8 Å². The van der Waals surface area contributed by atoms with Crippen LogP contribution >= 0.6 is 11.8 Å². The van der Waals surface area contributed by atoms with Crippen molar-refractivity contribution in [1.29, 1.82) is 0 Å². The molecule has 1 rings (SSSR count). The van der Waals surface area contributed by atoms with Crippen LogP contribution in [0.5, 0.6) is 0 Å². The number of hydrogen-bond donors (Lipinski definition) is 3. The van der Waals surface area contributed by atoms with Crippen LogP contribution in [-0.4, -0.2) is 53.1 Å². The summed E-state index contributed by atoms with van der Waals surface area (Å²) in [7, 11) is -1.50. The monoisotopic (exact) mass is 362 g/mol. The summed E-state index contributed by atoms with van der Waals surface area (Å²) in [4.78, 5) is 5.10. The highest BCUT2D eigenvalue weighted by Gasteiger charge is 2.01. The Balaban J connectivity index is 2.11. The first-order chi connectivity index (χ1) is 10.9. The van der Waals surface area contributed by atoms with E-state index in [0.29, 0.717) is 19.0 Å². The maximum atomic E-state index is 12.8. The molecule has 0 aliphatic carbocycles. The minimum absolute atomic E-state index is 0.226. The molecule has 0 fully saturated rings. The number of nitrogens with zero attached hydrogens (tertiary/aromatic N) is 1. The predicted molar refractivity (Wildman–Crippen MR) is 94.0 cm³/mol. The van der Waals surface area contributed by atoms with Crippen molar-refractivity contribution < 1.29 is 12.8 Å². The Bertz CT molecular complexity index is 591. The molecular weight excluding hydrogens is 339 g/mol. The zero-order valence-corrected chi connectivity index (χ0v) is 14.9. The minimum Gasteiger partial charge on any atom is -0.356 e. The van der Waals surface area contributed by atoms with Crippen molar-refractivity contribution in [2.45, 2.75) is 11.3 Å². The van der Waals surface area contributed by atoms with E-state index in [1.54, 1.807) is 30.9 Å². The van der Waals surface area contributed by atoms with E-state index in [4.69, 9.17) is 0 Å². The lowest BCUT2D eigenvalue weighted by Crippen LogP contribution is -2.41. The fourth-order valence-electron chi connectivity index (χ4n) is 1.64. The molecule has 3 N–H and O–H groups in total. The van der Waals surface area contributed by atoms with Gasteiger partial charge in [-0.3, -0.25) is 4.99 Å². The van der Waals surface area contributed by atoms with Gasteiger partial charge in [0.25, 0.3) is 0 Å². The third-order valence-corrected chi connectivity index (χ3v) is 4.53. The van der Waals surface area contributed by atoms with Crippen molar-refractivity contribution in [3.63, 3.8) is 0 Å². The molecule has 0 aromatic heterocycles. The van der Waals surface area contributed by atoms with Gasteiger partial charge in [0.2, 0.25) is 10.0 Å². The molecule has 0 aliphatic heterocycles. The summed E-state index contributed by atoms with van der Waals surface area (Å²) in [5.74, 6) is 1.31. The van der Waals surface area contributed by atoms with E-state index >= 15 is 0 Å². The highest BCUT2D eigenvalue weighted by molar-refractivity contribution is 7.99. The van der Waals surface area contributed by atoms with Crippen molar-refractivity contribution in [2.24, 2.45) is 4.99 Å². The van der Waals surface area contributed by atoms with Crippen LogP contribution in [0.4, 0.5) is 4.39 Å². The van der Waals surface area contributed by atoms with Crippen LogP contribution in [-0.2, 0) is 10.0 Å². The molecular formula is C14H23FN4O2S2. The van der Waals surface area contributed by atoms with Gasteiger partial charge >= 0.3 is 0 Å². The SMILES string of the molecule is CN=C(NCCCSc1ccc(F)cc1)NCCNS(C)(=O)=O. The molecule has 6 nitrogen and oxygen atoms in total. The summed E-state index contributed by atoms with van der Waals surface area (Å²) in [6.07, 6.45) is 2.04. The highest BCUT2D eigenvalue weighted by Crippen LogP contribution is 2.18. The molecule has 0 saturated heterocycles. The lowest BCUT2D eigenvalue weighted by Gasteiger charge is -2.11. The third kappa shape index (κ3) is 10.1. The van der Waals surface area contributed by atoms with Crippen molar-refractivity contribution in [3.05, 3.63) is 30.1 Å². The number of hydrogen-bond acceptors (Lipinski definition) is 4. The fraction of sp³-hybridized carbons (Fsp3) is 0.500. The summed E-state index contributed by atoms with van der Waals surface area (Å²) in [5.41, 5.74) is 0. The van der Waals surface area contributed by atoms with E-state index < -0.39 is 10.0 Å². The van der Waals surface area contributed by atoms with Crippen LogP contribution in [0.1, 0.15) is 6.42 Å². The van der Waals surface area contributed by atoms with E-state index in [0.717, 1.165) is 29.9 Å². The van der Waals surface area contributed by atoms with Crippen molar-refractivity contribution >= 4 is 27.7 Å². The Labute approximate surface area is 141 Å². The molecule has 0 spiro atoms. The number of halogens is 1. The van der Waals surface area contributed by atoms with Crippen molar-refractivity contribution in [2.75, 3.05) is 38.7 Å². The van der Waals surface area contributed by atoms with Crippen LogP contribution in [0.25, 0.3) is 0 Å². The lowest BCUT2D eigenvalue weighted by atomic mass is 10.4. The van der Waals surface area contributed by atoms with Gasteiger partial charge in [0.1, 0.15) is 5.82 Å². The average Bonchev–Trinajstić information content (AvgIpc) is 2.50. The molecule has 130 valence electrons. The van der Waals surface area contributed by atoms with Crippen LogP contribution in [0, 0.1) is 5.82 Å². The number of nitrogens with one attached hydrogen (secondary N) is 3. The summed E-state index contributed by atoms with van der Waals surface area (Å²) in [6, 6.07) is 6.44. The van der Waals surface area contributed by atoms with Crippen LogP contribution in [0.15, 0.2) is 34.2 Å². The maximum absolute atomic E-state index is 12.8. The van der Waals surface area contributed by atoms with E-state index in [1.807, 2.05) is 0 Å². The van der Waals surface area contributed by atoms with Crippen molar-refractivity contribution in [3.8, 4) is 0 Å². The first-order valence-corrected chi connectivity index (χ1v) is 10.1. The second kappa shape index (κ2) is 10.5. The summed E-state index contributed by atoms with van der Waals surface area (Å²) >= 11 is 1.67. The van der Waals surface area contributed by atoms with Gasteiger partial charge in [0, 0.05) is 31.6 Å². The summed E-state index contributed by atoms with van der Waals surface area (Å²) in [5, 5.41) is 6.17. The third-order valence-electron chi connectivity index (χ3n) is 2.70. The normalized spacial score (nSPS) is 12.2. The van der Waals surface area contributed by atoms with Crippen molar-refractivity contribution in [1.82, 2.24) is 15.4 Å². The Morgan fingerprint density at radius 1 is 1.17 bits per heavy atom. The number of rotatable bonds is 9. The molecule has 0 amide bonds. The molecule has 0 heterocycles. The number of thioether (sulfide) groups is 1. The number of sulfonamides is 1. The number of aliphatic imine (C=N–C) groups is 1. The molecule has 0 atom stereocenters. The van der Waals surface area contributed by atoms with Gasteiger partial charge in [-0.25, -0.2) is 17.5 Å². The zero-order valence-electron chi connectivity index (χ0n) is 13.3. The van der Waals surface area contributed by atoms with Gasteiger partial charge in [-0.1, -0.05) is 0 Å². The highest BCUT2D eigenvalue weighted by atomic mass is 32.2. The fourth-order valence-corrected chi connectivity index (χ4v) is 2.96. The van der Waals surface area contributed by atoms with E-state index in [9.17, 15) is 12.8 Å². The van der Waals surface area contributed by atoms with E-state index in [2.05, 4.69) is 20.3 Å². The number of benzene rings is 1. The molecule has 23 heavy (non-hydrogen) atoms. The molecule has 0 bridgehead atoms. The second-order valence-electron chi connectivity index (χ2n) is 4.75. The van der Waals surface area contributed by atoms with Gasteiger partial charge in [0.15, 0.2) is 5.96 Å². The first-order valence-electron chi connectivity index (χ1n) is 7.18. The smallest absolute Gasteiger partial charge is 0.208 e. The molecule has 0 radical (unpaired) electrons. The molecule has 1 aromatic carbocycles. The Hall–Kier alpha value is -1.32. The standard InChI is InChI=1S/C14H23FN4O2S2/c1-16-14(18-9-10-19-23(2,20)21)17-8-3-11-22-13-6-4-12(15)5-7-13/h4-7,19H,3,8-11H2,1-2H3,(H2,16,17,18). The molecule has 0 aliphatic rings. The first kappa shape index (κ1) is 19.7. The van der Waals surface area contributed by atoms with Gasteiger partial charge in [-0.2, -0.15) is 0 Å². The maximum Gasteiger partial charge on any atom is 0.208 e. The van der Waals surface area contributed by atoms with Gasteiger partial charge in [0.05, 0.1) is 6.26 Å². The second-order valence-corrected chi connectivity index (χ2v) is 7.75. The van der Waals surface area contributed by atoms with Crippen LogP contribution < -0.4 is 15.4 Å². The largest absolute Gasteiger partial charge is 0.356 e. The number of guanidine groups is 1. The van der Waals surface area contributed by atoms with Crippen LogP contribution in [0.2, 0.25) is 0 Å². The quantitative estimate of drug-likeness (QED) is 0.264.